The molecule has 0 saturated heterocycles. The van der Waals surface area contributed by atoms with Gasteiger partial charge in [0.1, 0.15) is 0 Å². The number of hydrogen-bond donors (Lipinski definition) is 5. The molecule has 26 heavy (non-hydrogen) atoms. The highest BCUT2D eigenvalue weighted by Gasteiger charge is 1.90. The van der Waals surface area contributed by atoms with E-state index in [0.717, 1.165) is 65.4 Å². The van der Waals surface area contributed by atoms with E-state index in [1.807, 2.05) is 0 Å². The number of unbranched alkanes of at least 4 members (excludes halogenated alkanes) is 2. The van der Waals surface area contributed by atoms with Gasteiger partial charge in [0.15, 0.2) is 0 Å². The van der Waals surface area contributed by atoms with E-state index in [1.54, 1.807) is 0 Å². The summed E-state index contributed by atoms with van der Waals surface area (Å²) in [5, 5.41) is 17.1. The zero-order valence-electron chi connectivity index (χ0n) is 17.4. The average molecular weight is 368 g/mol. The van der Waals surface area contributed by atoms with Crippen LogP contribution in [0.15, 0.2) is 24.3 Å². The van der Waals surface area contributed by atoms with Crippen LogP contribution in [0.5, 0.6) is 0 Å². The van der Waals surface area contributed by atoms with Crippen molar-refractivity contribution in [1.29, 1.82) is 0 Å². The van der Waals surface area contributed by atoms with Gasteiger partial charge in [0.25, 0.3) is 0 Å². The van der Waals surface area contributed by atoms with Gasteiger partial charge in [0.2, 0.25) is 0 Å². The van der Waals surface area contributed by atoms with Gasteiger partial charge in [-0.2, -0.15) is 0 Å². The van der Waals surface area contributed by atoms with Crippen molar-refractivity contribution < 1.29 is 0 Å². The molecule has 0 aliphatic heterocycles. The molecule has 5 nitrogen and oxygen atoms in total. The monoisotopic (exact) mass is 367 g/mol. The lowest BCUT2D eigenvalue weighted by Gasteiger charge is -2.05. The molecule has 5 N–H and O–H groups in total. The zero-order chi connectivity index (χ0) is 19.0. The van der Waals surface area contributed by atoms with Crippen LogP contribution in [-0.4, -0.2) is 65.4 Å². The molecule has 0 amide bonds. The van der Waals surface area contributed by atoms with Gasteiger partial charge >= 0.3 is 0 Å². The minimum Gasteiger partial charge on any atom is -0.317 e. The molecule has 0 aromatic carbocycles. The summed E-state index contributed by atoms with van der Waals surface area (Å²) < 4.78 is 0. The van der Waals surface area contributed by atoms with Gasteiger partial charge in [-0.25, -0.2) is 0 Å². The highest BCUT2D eigenvalue weighted by atomic mass is 14.9. The van der Waals surface area contributed by atoms with Crippen molar-refractivity contribution in [3.63, 3.8) is 0 Å². The van der Waals surface area contributed by atoms with E-state index in [1.165, 1.54) is 32.1 Å². The van der Waals surface area contributed by atoms with Crippen molar-refractivity contribution in [2.24, 2.45) is 0 Å². The summed E-state index contributed by atoms with van der Waals surface area (Å²) in [5.41, 5.74) is 0. The second-order valence-electron chi connectivity index (χ2n) is 6.53. The van der Waals surface area contributed by atoms with Gasteiger partial charge in [0, 0.05) is 26.2 Å². The molecule has 154 valence electrons. The third kappa shape index (κ3) is 23.3. The molecular formula is C21H45N5. The molecule has 0 bridgehead atoms. The topological polar surface area (TPSA) is 60.1 Å². The first kappa shape index (κ1) is 25.3. The van der Waals surface area contributed by atoms with Crippen molar-refractivity contribution >= 4 is 0 Å². The molecule has 0 fully saturated rings. The highest BCUT2D eigenvalue weighted by molar-refractivity contribution is 4.89. The van der Waals surface area contributed by atoms with E-state index in [4.69, 9.17) is 0 Å². The summed E-state index contributed by atoms with van der Waals surface area (Å²) in [4.78, 5) is 0. The predicted octanol–water partition coefficient (Wildman–Crippen LogP) is 2.04. The second kappa shape index (κ2) is 24.3. The molecule has 0 saturated carbocycles. The van der Waals surface area contributed by atoms with Crippen molar-refractivity contribution in [3.05, 3.63) is 24.3 Å². The minimum atomic E-state index is 0.937. The molecule has 0 aliphatic carbocycles. The Kier molecular flexibility index (Phi) is 23.6. The van der Waals surface area contributed by atoms with Crippen LogP contribution in [0, 0.1) is 0 Å². The number of nitrogens with one attached hydrogen (secondary N) is 5. The summed E-state index contributed by atoms with van der Waals surface area (Å²) in [5.74, 6) is 0. The first-order chi connectivity index (χ1) is 12.9. The molecule has 0 spiro atoms. The van der Waals surface area contributed by atoms with Crippen LogP contribution in [0.4, 0.5) is 0 Å². The van der Waals surface area contributed by atoms with Crippen molar-refractivity contribution in [2.75, 3.05) is 65.4 Å². The van der Waals surface area contributed by atoms with Crippen LogP contribution in [0.3, 0.4) is 0 Å². The Labute approximate surface area is 162 Å². The third-order valence-corrected chi connectivity index (χ3v) is 3.97. The smallest absolute Gasteiger partial charge is 0.0138 e. The molecule has 5 heteroatoms. The number of hydrogen-bond acceptors (Lipinski definition) is 5. The highest BCUT2D eigenvalue weighted by Crippen LogP contribution is 1.87. The molecular weight excluding hydrogens is 322 g/mol. The Morgan fingerprint density at radius 1 is 0.462 bits per heavy atom. The standard InChI is InChI=1S/C21H45N5/c1-3-13-23-15-7-8-17-25-19-11-12-21-26-20-10-9-18-24-16-6-5-14-22-4-2/h7-8,11-12,22-26H,3-6,9-10,13-21H2,1-2H3/b8-7-,12-11-. The Morgan fingerprint density at radius 3 is 1.38 bits per heavy atom. The van der Waals surface area contributed by atoms with Crippen molar-refractivity contribution in [2.45, 2.75) is 46.0 Å². The molecule has 0 radical (unpaired) electrons. The summed E-state index contributed by atoms with van der Waals surface area (Å²) >= 11 is 0. The van der Waals surface area contributed by atoms with Crippen LogP contribution in [0.2, 0.25) is 0 Å². The fourth-order valence-corrected chi connectivity index (χ4v) is 2.43. The summed E-state index contributed by atoms with van der Waals surface area (Å²) in [6.45, 7) is 14.9. The van der Waals surface area contributed by atoms with Gasteiger partial charge < -0.3 is 26.6 Å². The number of rotatable bonds is 21. The Balaban J connectivity index is 3.10. The van der Waals surface area contributed by atoms with E-state index < -0.39 is 0 Å². The fourth-order valence-electron chi connectivity index (χ4n) is 2.43. The lowest BCUT2D eigenvalue weighted by Crippen LogP contribution is -2.21. The van der Waals surface area contributed by atoms with Crippen LogP contribution in [0.25, 0.3) is 0 Å². The maximum Gasteiger partial charge on any atom is 0.0138 e. The Morgan fingerprint density at radius 2 is 0.885 bits per heavy atom. The van der Waals surface area contributed by atoms with E-state index in [-0.39, 0.29) is 0 Å². The van der Waals surface area contributed by atoms with Crippen molar-refractivity contribution in [1.82, 2.24) is 26.6 Å². The molecule has 0 rings (SSSR count). The van der Waals surface area contributed by atoms with E-state index >= 15 is 0 Å². The predicted molar refractivity (Wildman–Crippen MR) is 117 cm³/mol. The van der Waals surface area contributed by atoms with Gasteiger partial charge in [-0.15, -0.1) is 0 Å². The molecule has 0 heterocycles. The van der Waals surface area contributed by atoms with E-state index in [0.29, 0.717) is 0 Å². The van der Waals surface area contributed by atoms with Gasteiger partial charge in [-0.05, 0) is 71.4 Å². The normalized spacial score (nSPS) is 11.9. The maximum atomic E-state index is 3.52. The van der Waals surface area contributed by atoms with Crippen LogP contribution < -0.4 is 26.6 Å². The minimum absolute atomic E-state index is 0.937. The largest absolute Gasteiger partial charge is 0.317 e. The summed E-state index contributed by atoms with van der Waals surface area (Å²) in [7, 11) is 0. The maximum absolute atomic E-state index is 3.52. The molecule has 0 aliphatic rings. The Bertz CT molecular complexity index is 305. The quantitative estimate of drug-likeness (QED) is 0.159. The lowest BCUT2D eigenvalue weighted by atomic mass is 10.2. The van der Waals surface area contributed by atoms with Crippen LogP contribution in [-0.2, 0) is 0 Å². The van der Waals surface area contributed by atoms with E-state index in [9.17, 15) is 0 Å². The fraction of sp³-hybridized carbons (Fsp3) is 0.810. The zero-order valence-corrected chi connectivity index (χ0v) is 17.4. The molecule has 0 aromatic heterocycles. The van der Waals surface area contributed by atoms with Crippen LogP contribution >= 0.6 is 0 Å². The van der Waals surface area contributed by atoms with Gasteiger partial charge in [-0.3, -0.25) is 0 Å². The third-order valence-electron chi connectivity index (χ3n) is 3.97. The van der Waals surface area contributed by atoms with E-state index in [2.05, 4.69) is 64.7 Å². The second-order valence-corrected chi connectivity index (χ2v) is 6.53. The lowest BCUT2D eigenvalue weighted by molar-refractivity contribution is 0.563. The Hall–Kier alpha value is -0.720. The molecule has 0 aromatic rings. The molecule has 0 unspecified atom stereocenters. The molecule has 0 atom stereocenters. The summed E-state index contributed by atoms with van der Waals surface area (Å²) in [6, 6.07) is 0. The first-order valence-corrected chi connectivity index (χ1v) is 10.7. The first-order valence-electron chi connectivity index (χ1n) is 10.7. The van der Waals surface area contributed by atoms with Crippen molar-refractivity contribution in [3.8, 4) is 0 Å². The van der Waals surface area contributed by atoms with Gasteiger partial charge in [-0.1, -0.05) is 38.2 Å². The average Bonchev–Trinajstić information content (AvgIpc) is 2.66. The van der Waals surface area contributed by atoms with Crippen LogP contribution in [0.1, 0.15) is 46.0 Å². The summed E-state index contributed by atoms with van der Waals surface area (Å²) in [6.07, 6.45) is 15.0. The SMILES string of the molecule is CCCNC/C=C\CNC/C=C\CNCCCCNCCCCNCC. The van der Waals surface area contributed by atoms with Gasteiger partial charge in [0.05, 0.1) is 0 Å².